The zero-order chi connectivity index (χ0) is 14.0. The van der Waals surface area contributed by atoms with Crippen molar-refractivity contribution in [2.45, 2.75) is 27.3 Å². The number of nitrogens with one attached hydrogen (secondary N) is 1. The number of methoxy groups -OCH3 is 1. The van der Waals surface area contributed by atoms with Crippen molar-refractivity contribution in [3.8, 4) is 5.88 Å². The first kappa shape index (κ1) is 13.5. The molecule has 0 fully saturated rings. The molecule has 0 saturated heterocycles. The molecule has 1 aromatic carbocycles. The monoisotopic (exact) mass is 259 g/mol. The summed E-state index contributed by atoms with van der Waals surface area (Å²) in [4.78, 5) is 0. The lowest BCUT2D eigenvalue weighted by molar-refractivity contribution is 0.370. The van der Waals surface area contributed by atoms with Gasteiger partial charge in [-0.15, -0.1) is 0 Å². The largest absolute Gasteiger partial charge is 0.481 e. The second-order valence-corrected chi connectivity index (χ2v) is 4.87. The molecule has 0 unspecified atom stereocenters. The summed E-state index contributed by atoms with van der Waals surface area (Å²) in [6, 6.07) is 6.40. The molecule has 0 spiro atoms. The van der Waals surface area contributed by atoms with Crippen LogP contribution < -0.4 is 10.1 Å². The highest BCUT2D eigenvalue weighted by Gasteiger charge is 2.13. The fraction of sp³-hybridized carbons (Fsp3) is 0.400. The Morgan fingerprint density at radius 2 is 2.00 bits per heavy atom. The van der Waals surface area contributed by atoms with Gasteiger partial charge in [-0.25, -0.2) is 4.68 Å². The number of nitrogens with zero attached hydrogens (tertiary/aromatic N) is 2. The lowest BCUT2D eigenvalue weighted by Gasteiger charge is -2.11. The maximum absolute atomic E-state index is 5.40. The molecule has 0 bridgehead atoms. The van der Waals surface area contributed by atoms with Gasteiger partial charge in [-0.3, -0.25) is 0 Å². The van der Waals surface area contributed by atoms with Crippen molar-refractivity contribution >= 4 is 5.69 Å². The van der Waals surface area contributed by atoms with Crippen LogP contribution in [-0.4, -0.2) is 16.9 Å². The maximum Gasteiger partial charge on any atom is 0.216 e. The number of benzene rings is 1. The smallest absolute Gasteiger partial charge is 0.216 e. The lowest BCUT2D eigenvalue weighted by Crippen LogP contribution is -2.04. The van der Waals surface area contributed by atoms with Crippen molar-refractivity contribution in [3.63, 3.8) is 0 Å². The van der Waals surface area contributed by atoms with Gasteiger partial charge < -0.3 is 10.1 Å². The summed E-state index contributed by atoms with van der Waals surface area (Å²) in [5.41, 5.74) is 5.77. The number of ether oxygens (including phenoxy) is 1. The Bertz CT molecular complexity index is 587. The van der Waals surface area contributed by atoms with E-state index in [4.69, 9.17) is 4.74 Å². The fourth-order valence-electron chi connectivity index (χ4n) is 2.34. The summed E-state index contributed by atoms with van der Waals surface area (Å²) < 4.78 is 7.17. The number of aryl methyl sites for hydroxylation is 4. The molecule has 0 amide bonds. The Morgan fingerprint density at radius 1 is 1.26 bits per heavy atom. The Hall–Kier alpha value is -1.97. The molecule has 2 aromatic rings. The molecule has 0 aliphatic rings. The number of anilines is 1. The van der Waals surface area contributed by atoms with Crippen molar-refractivity contribution < 1.29 is 4.74 Å². The van der Waals surface area contributed by atoms with Gasteiger partial charge in [-0.05, 0) is 32.4 Å². The normalized spacial score (nSPS) is 10.6. The standard InChI is InChI=1S/C15H21N3O/c1-10-6-7-14(11(2)8-10)16-9-13-12(3)17-18(4)15(13)19-5/h6-8,16H,9H2,1-5H3. The Morgan fingerprint density at radius 3 is 2.63 bits per heavy atom. The summed E-state index contributed by atoms with van der Waals surface area (Å²) in [6.45, 7) is 6.93. The van der Waals surface area contributed by atoms with Crippen LogP contribution in [0.1, 0.15) is 22.4 Å². The van der Waals surface area contributed by atoms with E-state index in [9.17, 15) is 0 Å². The van der Waals surface area contributed by atoms with Crippen molar-refractivity contribution in [2.24, 2.45) is 7.05 Å². The molecule has 2 rings (SSSR count). The zero-order valence-electron chi connectivity index (χ0n) is 12.2. The highest BCUT2D eigenvalue weighted by Crippen LogP contribution is 2.23. The van der Waals surface area contributed by atoms with Crippen LogP contribution in [0.5, 0.6) is 5.88 Å². The predicted octanol–water partition coefficient (Wildman–Crippen LogP) is 2.97. The van der Waals surface area contributed by atoms with E-state index < -0.39 is 0 Å². The van der Waals surface area contributed by atoms with Gasteiger partial charge in [0.1, 0.15) is 0 Å². The summed E-state index contributed by atoms with van der Waals surface area (Å²) in [7, 11) is 3.57. The van der Waals surface area contributed by atoms with Gasteiger partial charge in [0.15, 0.2) is 0 Å². The van der Waals surface area contributed by atoms with Crippen molar-refractivity contribution in [1.29, 1.82) is 0 Å². The summed E-state index contributed by atoms with van der Waals surface area (Å²) in [5.74, 6) is 0.815. The maximum atomic E-state index is 5.40. The molecule has 1 heterocycles. The van der Waals surface area contributed by atoms with Crippen LogP contribution >= 0.6 is 0 Å². The van der Waals surface area contributed by atoms with E-state index in [0.717, 1.165) is 22.8 Å². The van der Waals surface area contributed by atoms with Gasteiger partial charge >= 0.3 is 0 Å². The highest BCUT2D eigenvalue weighted by molar-refractivity contribution is 5.52. The molecule has 19 heavy (non-hydrogen) atoms. The van der Waals surface area contributed by atoms with Gasteiger partial charge in [-0.1, -0.05) is 17.7 Å². The Balaban J connectivity index is 2.19. The third kappa shape index (κ3) is 2.72. The molecule has 0 radical (unpaired) electrons. The lowest BCUT2D eigenvalue weighted by atomic mass is 10.1. The molecule has 4 heteroatoms. The fourth-order valence-corrected chi connectivity index (χ4v) is 2.34. The minimum atomic E-state index is 0.715. The minimum Gasteiger partial charge on any atom is -0.481 e. The summed E-state index contributed by atoms with van der Waals surface area (Å²) in [6.07, 6.45) is 0. The minimum absolute atomic E-state index is 0.715. The van der Waals surface area contributed by atoms with E-state index in [1.807, 2.05) is 14.0 Å². The van der Waals surface area contributed by atoms with Gasteiger partial charge in [0.25, 0.3) is 0 Å². The second-order valence-electron chi connectivity index (χ2n) is 4.87. The van der Waals surface area contributed by atoms with E-state index in [1.54, 1.807) is 11.8 Å². The van der Waals surface area contributed by atoms with Crippen molar-refractivity contribution in [1.82, 2.24) is 9.78 Å². The van der Waals surface area contributed by atoms with Crippen LogP contribution in [0.4, 0.5) is 5.69 Å². The van der Waals surface area contributed by atoms with Gasteiger partial charge in [0, 0.05) is 19.3 Å². The van der Waals surface area contributed by atoms with E-state index in [0.29, 0.717) is 6.54 Å². The zero-order valence-corrected chi connectivity index (χ0v) is 12.2. The molecule has 0 aliphatic heterocycles. The van der Waals surface area contributed by atoms with Crippen LogP contribution in [0.25, 0.3) is 0 Å². The van der Waals surface area contributed by atoms with Gasteiger partial charge in [-0.2, -0.15) is 5.10 Å². The van der Waals surface area contributed by atoms with Crippen LogP contribution in [0.15, 0.2) is 18.2 Å². The molecule has 4 nitrogen and oxygen atoms in total. The van der Waals surface area contributed by atoms with E-state index in [-0.39, 0.29) is 0 Å². The van der Waals surface area contributed by atoms with Crippen LogP contribution in [-0.2, 0) is 13.6 Å². The van der Waals surface area contributed by atoms with Crippen molar-refractivity contribution in [2.75, 3.05) is 12.4 Å². The third-order valence-electron chi connectivity index (χ3n) is 3.32. The van der Waals surface area contributed by atoms with Crippen molar-refractivity contribution in [3.05, 3.63) is 40.6 Å². The number of hydrogen-bond acceptors (Lipinski definition) is 3. The van der Waals surface area contributed by atoms with Gasteiger partial charge in [0.05, 0.1) is 18.4 Å². The highest BCUT2D eigenvalue weighted by atomic mass is 16.5. The van der Waals surface area contributed by atoms with E-state index >= 15 is 0 Å². The Kier molecular flexibility index (Phi) is 3.79. The van der Waals surface area contributed by atoms with Gasteiger partial charge in [0.2, 0.25) is 5.88 Å². The molecular weight excluding hydrogens is 238 g/mol. The summed E-state index contributed by atoms with van der Waals surface area (Å²) >= 11 is 0. The number of hydrogen-bond donors (Lipinski definition) is 1. The molecule has 1 aromatic heterocycles. The van der Waals surface area contributed by atoms with Crippen LogP contribution in [0.3, 0.4) is 0 Å². The molecule has 1 N–H and O–H groups in total. The SMILES string of the molecule is COc1c(CNc2ccc(C)cc2C)c(C)nn1C. The summed E-state index contributed by atoms with van der Waals surface area (Å²) in [5, 5.41) is 7.83. The topological polar surface area (TPSA) is 39.1 Å². The quantitative estimate of drug-likeness (QED) is 0.917. The average Bonchev–Trinajstić information content (AvgIpc) is 2.62. The Labute approximate surface area is 114 Å². The van der Waals surface area contributed by atoms with Crippen LogP contribution in [0.2, 0.25) is 0 Å². The first-order valence-electron chi connectivity index (χ1n) is 6.40. The first-order valence-corrected chi connectivity index (χ1v) is 6.40. The molecule has 0 atom stereocenters. The third-order valence-corrected chi connectivity index (χ3v) is 3.32. The van der Waals surface area contributed by atoms with E-state index in [2.05, 4.69) is 42.5 Å². The molecule has 0 saturated carbocycles. The second kappa shape index (κ2) is 5.34. The number of aromatic nitrogens is 2. The number of rotatable bonds is 4. The molecular formula is C15H21N3O. The predicted molar refractivity (Wildman–Crippen MR) is 77.7 cm³/mol. The average molecular weight is 259 g/mol. The molecule has 0 aliphatic carbocycles. The molecule has 102 valence electrons. The van der Waals surface area contributed by atoms with E-state index in [1.165, 1.54) is 11.1 Å². The van der Waals surface area contributed by atoms with Crippen LogP contribution in [0, 0.1) is 20.8 Å². The first-order chi connectivity index (χ1) is 9.02.